The van der Waals surface area contributed by atoms with Crippen molar-refractivity contribution in [3.05, 3.63) is 0 Å². The van der Waals surface area contributed by atoms with E-state index in [0.29, 0.717) is 0 Å². The first-order chi connectivity index (χ1) is 7.28. The fourth-order valence-corrected chi connectivity index (χ4v) is 22.8. The van der Waals surface area contributed by atoms with E-state index in [0.717, 1.165) is 0 Å². The molecule has 1 nitrogen and oxygen atoms in total. The summed E-state index contributed by atoms with van der Waals surface area (Å²) in [7, 11) is 0. The van der Waals surface area contributed by atoms with Crippen LogP contribution < -0.4 is 0 Å². The Bertz CT molecular complexity index is 117. The Balaban J connectivity index is 3.77. The van der Waals surface area contributed by atoms with E-state index >= 15 is 0 Å². The van der Waals surface area contributed by atoms with Gasteiger partial charge in [-0.05, 0) is 0 Å². The number of hydrogen-bond acceptors (Lipinski definition) is 1. The van der Waals surface area contributed by atoms with E-state index in [1.54, 1.807) is 0 Å². The van der Waals surface area contributed by atoms with E-state index in [-0.39, 0.29) is 0 Å². The molecule has 0 saturated carbocycles. The molecule has 0 aliphatic rings. The van der Waals surface area contributed by atoms with Crippen molar-refractivity contribution < 1.29 is 2.79 Å². The van der Waals surface area contributed by atoms with Crippen LogP contribution >= 0.6 is 0 Å². The van der Waals surface area contributed by atoms with Crippen LogP contribution in [0.3, 0.4) is 0 Å². The van der Waals surface area contributed by atoms with Crippen LogP contribution in [0.25, 0.3) is 0 Å². The molecule has 0 fully saturated rings. The predicted molar refractivity (Wildman–Crippen MR) is 75.8 cm³/mol. The van der Waals surface area contributed by atoms with Crippen LogP contribution in [0.15, 0.2) is 0 Å². The molecule has 3 heteroatoms. The average molecular weight is 336 g/mol. The van der Waals surface area contributed by atoms with E-state index in [1.807, 2.05) is 0 Å². The van der Waals surface area contributed by atoms with Gasteiger partial charge in [0.05, 0.1) is 0 Å². The maximum absolute atomic E-state index is 6.53. The summed E-state index contributed by atoms with van der Waals surface area (Å²) in [6, 6.07) is 0. The molecule has 0 radical (unpaired) electrons. The third-order valence-electron chi connectivity index (χ3n) is 3.05. The molecule has 0 aromatic rings. The second-order valence-corrected chi connectivity index (χ2v) is 19.1. The Labute approximate surface area is 106 Å². The molecule has 2 atom stereocenters. The molecule has 0 aromatic heterocycles. The Morgan fingerprint density at radius 2 is 1.13 bits per heavy atom. The van der Waals surface area contributed by atoms with Crippen molar-refractivity contribution in [3.8, 4) is 0 Å². The Hall–Kier alpha value is 1.05. The van der Waals surface area contributed by atoms with Crippen LogP contribution in [-0.4, -0.2) is 29.4 Å². The van der Waals surface area contributed by atoms with Crippen LogP contribution in [0.2, 0.25) is 21.0 Å². The zero-order valence-electron chi connectivity index (χ0n) is 11.2. The van der Waals surface area contributed by atoms with Crippen LogP contribution in [0, 0.1) is 0 Å². The second kappa shape index (κ2) is 11.5. The predicted octanol–water partition coefficient (Wildman–Crippen LogP) is 4.09. The SMILES string of the molecule is CCC[CH2][GeH]([CH2]C)[O][GeH]([CH2]C)[CH2]CCC. The normalized spacial score (nSPS) is 15.2. The summed E-state index contributed by atoms with van der Waals surface area (Å²) in [5, 5.41) is 5.77. The summed E-state index contributed by atoms with van der Waals surface area (Å²) in [6.45, 7) is 9.31. The van der Waals surface area contributed by atoms with Crippen molar-refractivity contribution in [1.82, 2.24) is 0 Å². The van der Waals surface area contributed by atoms with Gasteiger partial charge in [-0.1, -0.05) is 0 Å². The van der Waals surface area contributed by atoms with Crippen molar-refractivity contribution in [2.24, 2.45) is 0 Å². The molecule has 0 N–H and O–H groups in total. The molecule has 0 spiro atoms. The van der Waals surface area contributed by atoms with Crippen molar-refractivity contribution in [3.63, 3.8) is 0 Å². The van der Waals surface area contributed by atoms with Crippen LogP contribution in [0.1, 0.15) is 53.4 Å². The molecular weight excluding hydrogens is 305 g/mol. The molecule has 0 aliphatic heterocycles. The molecule has 0 bridgehead atoms. The van der Waals surface area contributed by atoms with E-state index in [2.05, 4.69) is 27.7 Å². The van der Waals surface area contributed by atoms with Gasteiger partial charge in [0.25, 0.3) is 0 Å². The Kier molecular flexibility index (Phi) is 12.3. The third-order valence-corrected chi connectivity index (χ3v) is 21.3. The molecule has 92 valence electrons. The van der Waals surface area contributed by atoms with E-state index < -0.39 is 29.4 Å². The van der Waals surface area contributed by atoms with Gasteiger partial charge in [-0.2, -0.15) is 0 Å². The quantitative estimate of drug-likeness (QED) is 0.546. The first-order valence-corrected chi connectivity index (χ1v) is 15.8. The van der Waals surface area contributed by atoms with Crippen molar-refractivity contribution in [2.45, 2.75) is 74.4 Å². The fourth-order valence-electron chi connectivity index (χ4n) is 1.87. The van der Waals surface area contributed by atoms with E-state index in [4.69, 9.17) is 2.79 Å². The van der Waals surface area contributed by atoms with Crippen LogP contribution in [0.4, 0.5) is 0 Å². The van der Waals surface area contributed by atoms with Gasteiger partial charge in [-0.3, -0.25) is 0 Å². The number of unbranched alkanes of at least 4 members (excludes halogenated alkanes) is 2. The Morgan fingerprint density at radius 1 is 0.733 bits per heavy atom. The molecule has 2 unspecified atom stereocenters. The van der Waals surface area contributed by atoms with E-state index in [1.165, 1.54) is 46.7 Å². The van der Waals surface area contributed by atoms with Crippen LogP contribution in [-0.2, 0) is 2.79 Å². The first kappa shape index (κ1) is 16.0. The minimum atomic E-state index is -1.24. The summed E-state index contributed by atoms with van der Waals surface area (Å²) < 4.78 is 6.53. The topological polar surface area (TPSA) is 9.23 Å². The number of hydrogen-bond donors (Lipinski definition) is 0. The molecule has 15 heavy (non-hydrogen) atoms. The van der Waals surface area contributed by atoms with Gasteiger partial charge >= 0.3 is 107 Å². The Morgan fingerprint density at radius 3 is 1.40 bits per heavy atom. The molecule has 0 rings (SSSR count). The zero-order chi connectivity index (χ0) is 11.5. The standard InChI is InChI=1S/C12H30Ge2O/c1-5-9-11-13(7-3)15-14(8-4)12-10-6-2/h13-14H,5-12H2,1-4H3. The van der Waals surface area contributed by atoms with Gasteiger partial charge in [0, 0.05) is 0 Å². The van der Waals surface area contributed by atoms with Gasteiger partial charge < -0.3 is 0 Å². The summed E-state index contributed by atoms with van der Waals surface area (Å²) in [4.78, 5) is 0. The van der Waals surface area contributed by atoms with Crippen molar-refractivity contribution in [2.75, 3.05) is 0 Å². The summed E-state index contributed by atoms with van der Waals surface area (Å²) in [6.07, 6.45) is 5.55. The summed E-state index contributed by atoms with van der Waals surface area (Å²) in [5.41, 5.74) is 0. The molecule has 0 amide bonds. The van der Waals surface area contributed by atoms with Gasteiger partial charge in [0.15, 0.2) is 0 Å². The maximum atomic E-state index is 6.53. The van der Waals surface area contributed by atoms with Gasteiger partial charge in [0.2, 0.25) is 0 Å². The third kappa shape index (κ3) is 8.81. The summed E-state index contributed by atoms with van der Waals surface area (Å²) >= 11 is -2.48. The van der Waals surface area contributed by atoms with Gasteiger partial charge in [-0.15, -0.1) is 0 Å². The first-order valence-electron chi connectivity index (χ1n) is 6.93. The minimum absolute atomic E-state index is 1.24. The fraction of sp³-hybridized carbons (Fsp3) is 1.00. The zero-order valence-corrected chi connectivity index (χ0v) is 16.1. The number of rotatable bonds is 10. The monoisotopic (exact) mass is 338 g/mol. The second-order valence-electron chi connectivity index (χ2n) is 4.48. The van der Waals surface area contributed by atoms with Gasteiger partial charge in [-0.25, -0.2) is 0 Å². The van der Waals surface area contributed by atoms with Crippen molar-refractivity contribution >= 4 is 29.4 Å². The molecule has 0 heterocycles. The van der Waals surface area contributed by atoms with Crippen molar-refractivity contribution in [1.29, 1.82) is 0 Å². The molecular formula is C12H30Ge2O. The molecule has 0 aliphatic carbocycles. The van der Waals surface area contributed by atoms with Gasteiger partial charge in [0.1, 0.15) is 0 Å². The van der Waals surface area contributed by atoms with Crippen LogP contribution in [0.5, 0.6) is 0 Å². The molecule has 0 aromatic carbocycles. The average Bonchev–Trinajstić information content (AvgIpc) is 2.28. The molecule has 0 saturated heterocycles. The summed E-state index contributed by atoms with van der Waals surface area (Å²) in [5.74, 6) is 0. The van der Waals surface area contributed by atoms with E-state index in [9.17, 15) is 0 Å².